The van der Waals surface area contributed by atoms with Gasteiger partial charge in [0.1, 0.15) is 5.82 Å². The summed E-state index contributed by atoms with van der Waals surface area (Å²) in [5.41, 5.74) is 7.35. The topological polar surface area (TPSA) is 71.2 Å². The lowest BCUT2D eigenvalue weighted by Gasteiger charge is -2.18. The Morgan fingerprint density at radius 2 is 2.35 bits per heavy atom. The van der Waals surface area contributed by atoms with Gasteiger partial charge in [-0.05, 0) is 31.4 Å². The summed E-state index contributed by atoms with van der Waals surface area (Å²) >= 11 is 0. The van der Waals surface area contributed by atoms with E-state index in [0.717, 1.165) is 24.2 Å². The van der Waals surface area contributed by atoms with Crippen LogP contribution in [0.5, 0.6) is 0 Å². The Balaban J connectivity index is 1.95. The number of carbonyl (C=O) groups excluding carboxylic acids is 1. The zero-order chi connectivity index (χ0) is 12.4. The first kappa shape index (κ1) is 11.7. The summed E-state index contributed by atoms with van der Waals surface area (Å²) in [4.78, 5) is 17.7. The Morgan fingerprint density at radius 3 is 2.94 bits per heavy atom. The summed E-state index contributed by atoms with van der Waals surface area (Å²) in [5.74, 6) is 0.814. The highest BCUT2D eigenvalue weighted by Crippen LogP contribution is 2.19. The Bertz CT molecular complexity index is 429. The molecule has 0 spiro atoms. The molecule has 1 aliphatic carbocycles. The van der Waals surface area contributed by atoms with Gasteiger partial charge >= 0.3 is 0 Å². The number of nitrogens with two attached hydrogens (primary N) is 1. The zero-order valence-corrected chi connectivity index (χ0v) is 10.2. The van der Waals surface area contributed by atoms with E-state index in [4.69, 9.17) is 5.73 Å². The number of nitrogens with zero attached hydrogens (tertiary/aromatic N) is 2. The number of aryl methyl sites for hydroxylation is 1. The van der Waals surface area contributed by atoms with Crippen LogP contribution in [0.4, 0.5) is 11.5 Å². The molecule has 1 aliphatic rings. The fourth-order valence-electron chi connectivity index (χ4n) is 1.56. The number of amides is 1. The van der Waals surface area contributed by atoms with Gasteiger partial charge in [-0.25, -0.2) is 4.98 Å². The van der Waals surface area contributed by atoms with Crippen molar-refractivity contribution in [2.24, 2.45) is 0 Å². The first-order valence-corrected chi connectivity index (χ1v) is 5.79. The van der Waals surface area contributed by atoms with Crippen LogP contribution in [0.3, 0.4) is 0 Å². The van der Waals surface area contributed by atoms with Crippen LogP contribution >= 0.6 is 0 Å². The molecule has 5 nitrogen and oxygen atoms in total. The Kier molecular flexibility index (Phi) is 3.17. The molecule has 0 radical (unpaired) electrons. The van der Waals surface area contributed by atoms with Crippen molar-refractivity contribution in [3.63, 3.8) is 0 Å². The Labute approximate surface area is 101 Å². The van der Waals surface area contributed by atoms with Crippen molar-refractivity contribution in [2.45, 2.75) is 25.8 Å². The lowest BCUT2D eigenvalue weighted by Crippen LogP contribution is -2.36. The SMILES string of the molecule is Cc1cc(N(C)CC(=O)NC2CC2)ncc1N. The van der Waals surface area contributed by atoms with Gasteiger partial charge in [0.2, 0.25) is 5.91 Å². The third-order valence-electron chi connectivity index (χ3n) is 2.85. The molecule has 1 fully saturated rings. The molecule has 1 aromatic heterocycles. The van der Waals surface area contributed by atoms with Crippen LogP contribution in [0.25, 0.3) is 0 Å². The average Bonchev–Trinajstić information content (AvgIpc) is 3.05. The Hall–Kier alpha value is -1.78. The molecule has 0 aliphatic heterocycles. The van der Waals surface area contributed by atoms with E-state index in [0.29, 0.717) is 18.3 Å². The van der Waals surface area contributed by atoms with Gasteiger partial charge in [0.05, 0.1) is 18.4 Å². The molecule has 3 N–H and O–H groups in total. The molecular weight excluding hydrogens is 216 g/mol. The second-order valence-corrected chi connectivity index (χ2v) is 4.60. The predicted molar refractivity (Wildman–Crippen MR) is 67.8 cm³/mol. The first-order valence-electron chi connectivity index (χ1n) is 5.79. The first-order chi connectivity index (χ1) is 8.06. The van der Waals surface area contributed by atoms with Crippen molar-refractivity contribution in [3.05, 3.63) is 17.8 Å². The van der Waals surface area contributed by atoms with Gasteiger partial charge in [0.15, 0.2) is 0 Å². The predicted octanol–water partition coefficient (Wildman–Crippen LogP) is 0.687. The van der Waals surface area contributed by atoms with E-state index in [9.17, 15) is 4.79 Å². The molecule has 5 heteroatoms. The molecule has 0 saturated heterocycles. The van der Waals surface area contributed by atoms with Crippen LogP contribution < -0.4 is 16.0 Å². The maximum absolute atomic E-state index is 11.6. The van der Waals surface area contributed by atoms with Gasteiger partial charge < -0.3 is 16.0 Å². The minimum atomic E-state index is 0.0475. The quantitative estimate of drug-likeness (QED) is 0.804. The largest absolute Gasteiger partial charge is 0.397 e. The van der Waals surface area contributed by atoms with Gasteiger partial charge in [0.25, 0.3) is 0 Å². The summed E-state index contributed by atoms with van der Waals surface area (Å²) in [6.07, 6.45) is 3.84. The van der Waals surface area contributed by atoms with Crippen molar-refractivity contribution < 1.29 is 4.79 Å². The number of hydrogen-bond donors (Lipinski definition) is 2. The molecule has 1 saturated carbocycles. The van der Waals surface area contributed by atoms with Crippen LogP contribution in [0, 0.1) is 6.92 Å². The molecule has 0 aromatic carbocycles. The Morgan fingerprint density at radius 1 is 1.65 bits per heavy atom. The van der Waals surface area contributed by atoms with Crippen LogP contribution in [0.1, 0.15) is 18.4 Å². The highest BCUT2D eigenvalue weighted by atomic mass is 16.2. The third kappa shape index (κ3) is 3.09. The van der Waals surface area contributed by atoms with Crippen LogP contribution in [0.2, 0.25) is 0 Å². The van der Waals surface area contributed by atoms with Crippen molar-refractivity contribution in [1.82, 2.24) is 10.3 Å². The molecule has 2 rings (SSSR count). The minimum Gasteiger partial charge on any atom is -0.397 e. The van der Waals surface area contributed by atoms with Crippen molar-refractivity contribution >= 4 is 17.4 Å². The van der Waals surface area contributed by atoms with Crippen molar-refractivity contribution in [3.8, 4) is 0 Å². The second-order valence-electron chi connectivity index (χ2n) is 4.60. The molecule has 0 bridgehead atoms. The summed E-state index contributed by atoms with van der Waals surface area (Å²) < 4.78 is 0. The molecule has 0 atom stereocenters. The van der Waals surface area contributed by atoms with E-state index < -0.39 is 0 Å². The number of aromatic nitrogens is 1. The monoisotopic (exact) mass is 234 g/mol. The van der Waals surface area contributed by atoms with E-state index in [-0.39, 0.29) is 5.91 Å². The number of rotatable bonds is 4. The molecule has 1 amide bonds. The molecule has 17 heavy (non-hydrogen) atoms. The smallest absolute Gasteiger partial charge is 0.239 e. The van der Waals surface area contributed by atoms with Gasteiger partial charge in [-0.3, -0.25) is 4.79 Å². The summed E-state index contributed by atoms with van der Waals surface area (Å²) in [6, 6.07) is 2.29. The zero-order valence-electron chi connectivity index (χ0n) is 10.2. The minimum absolute atomic E-state index is 0.0475. The van der Waals surface area contributed by atoms with Crippen LogP contribution in [-0.4, -0.2) is 30.5 Å². The highest BCUT2D eigenvalue weighted by molar-refractivity contribution is 5.81. The second kappa shape index (κ2) is 4.61. The average molecular weight is 234 g/mol. The van der Waals surface area contributed by atoms with Crippen molar-refractivity contribution in [2.75, 3.05) is 24.2 Å². The normalized spacial score (nSPS) is 14.5. The fourth-order valence-corrected chi connectivity index (χ4v) is 1.56. The number of carbonyl (C=O) groups is 1. The van der Waals surface area contributed by atoms with Gasteiger partial charge in [-0.1, -0.05) is 0 Å². The van der Waals surface area contributed by atoms with E-state index in [1.165, 1.54) is 0 Å². The number of nitrogen functional groups attached to an aromatic ring is 1. The molecule has 1 aromatic rings. The van der Waals surface area contributed by atoms with E-state index in [2.05, 4.69) is 10.3 Å². The number of anilines is 2. The number of nitrogens with one attached hydrogen (secondary N) is 1. The lowest BCUT2D eigenvalue weighted by molar-refractivity contribution is -0.119. The summed E-state index contributed by atoms with van der Waals surface area (Å²) in [5, 5.41) is 2.95. The summed E-state index contributed by atoms with van der Waals surface area (Å²) in [7, 11) is 1.85. The fraction of sp³-hybridized carbons (Fsp3) is 0.500. The lowest BCUT2D eigenvalue weighted by atomic mass is 10.2. The highest BCUT2D eigenvalue weighted by Gasteiger charge is 2.23. The van der Waals surface area contributed by atoms with E-state index in [1.54, 1.807) is 6.20 Å². The molecule has 0 unspecified atom stereocenters. The maximum atomic E-state index is 11.6. The number of pyridine rings is 1. The van der Waals surface area contributed by atoms with Gasteiger partial charge in [0, 0.05) is 13.1 Å². The van der Waals surface area contributed by atoms with E-state index in [1.807, 2.05) is 24.9 Å². The van der Waals surface area contributed by atoms with Crippen LogP contribution in [0.15, 0.2) is 12.3 Å². The number of hydrogen-bond acceptors (Lipinski definition) is 4. The number of likely N-dealkylation sites (N-methyl/N-ethyl adjacent to an activating group) is 1. The summed E-state index contributed by atoms with van der Waals surface area (Å²) in [6.45, 7) is 2.26. The van der Waals surface area contributed by atoms with Crippen molar-refractivity contribution in [1.29, 1.82) is 0 Å². The molecular formula is C12H18N4O. The molecule has 1 heterocycles. The third-order valence-corrected chi connectivity index (χ3v) is 2.85. The van der Waals surface area contributed by atoms with Gasteiger partial charge in [-0.15, -0.1) is 0 Å². The van der Waals surface area contributed by atoms with Crippen LogP contribution in [-0.2, 0) is 4.79 Å². The van der Waals surface area contributed by atoms with E-state index >= 15 is 0 Å². The standard InChI is InChI=1S/C12H18N4O/c1-8-5-11(14-6-10(8)13)16(2)7-12(17)15-9-3-4-9/h5-6,9H,3-4,7,13H2,1-2H3,(H,15,17). The maximum Gasteiger partial charge on any atom is 0.239 e. The van der Waals surface area contributed by atoms with Gasteiger partial charge in [-0.2, -0.15) is 0 Å². The molecule has 92 valence electrons.